The minimum Gasteiger partial charge on any atom is -0.289 e. The summed E-state index contributed by atoms with van der Waals surface area (Å²) in [5.74, 6) is -0.401. The first kappa shape index (κ1) is 15.8. The maximum Gasteiger partial charge on any atom is 0.416 e. The maximum absolute atomic E-state index is 12.9. The number of amides is 1. The van der Waals surface area contributed by atoms with E-state index in [0.29, 0.717) is 4.32 Å². The summed E-state index contributed by atoms with van der Waals surface area (Å²) in [6.07, 6.45) is -1.73. The number of halogens is 3. The summed E-state index contributed by atoms with van der Waals surface area (Å²) in [5, 5.41) is 0. The minimum atomic E-state index is -4.47. The van der Waals surface area contributed by atoms with E-state index in [1.165, 1.54) is 35.3 Å². The Morgan fingerprint density at radius 2 is 2.00 bits per heavy atom. The van der Waals surface area contributed by atoms with Gasteiger partial charge in [-0.3, -0.25) is 9.69 Å². The summed E-state index contributed by atoms with van der Waals surface area (Å²) in [6.45, 7) is 3.76. The van der Waals surface area contributed by atoms with Crippen LogP contribution < -0.4 is 0 Å². The summed E-state index contributed by atoms with van der Waals surface area (Å²) in [7, 11) is 0. The molecule has 1 heterocycles. The Labute approximate surface area is 129 Å². The number of carbonyl (C=O) groups is 1. The van der Waals surface area contributed by atoms with Gasteiger partial charge in [0, 0.05) is 6.54 Å². The number of hydrogen-bond donors (Lipinski definition) is 0. The van der Waals surface area contributed by atoms with Crippen LogP contribution in [0.4, 0.5) is 13.2 Å². The number of thioether (sulfide) groups is 1. The largest absolute Gasteiger partial charge is 0.416 e. The van der Waals surface area contributed by atoms with Crippen LogP contribution in [-0.2, 0) is 11.0 Å². The average Bonchev–Trinajstić information content (AvgIpc) is 2.66. The first-order valence-corrected chi connectivity index (χ1v) is 7.09. The van der Waals surface area contributed by atoms with Gasteiger partial charge in [0.2, 0.25) is 0 Å². The van der Waals surface area contributed by atoms with Crippen molar-refractivity contribution in [2.45, 2.75) is 6.18 Å². The molecule has 110 valence electrons. The quantitative estimate of drug-likeness (QED) is 0.473. The van der Waals surface area contributed by atoms with Gasteiger partial charge in [-0.05, 0) is 17.7 Å². The molecule has 0 bridgehead atoms. The van der Waals surface area contributed by atoms with Crippen molar-refractivity contribution in [2.24, 2.45) is 0 Å². The highest BCUT2D eigenvalue weighted by atomic mass is 32.2. The molecule has 1 aliphatic heterocycles. The zero-order valence-corrected chi connectivity index (χ0v) is 12.3. The molecule has 0 unspecified atom stereocenters. The van der Waals surface area contributed by atoms with Crippen LogP contribution in [0.5, 0.6) is 0 Å². The van der Waals surface area contributed by atoms with E-state index >= 15 is 0 Å². The van der Waals surface area contributed by atoms with Gasteiger partial charge < -0.3 is 0 Å². The first-order valence-electron chi connectivity index (χ1n) is 5.87. The van der Waals surface area contributed by atoms with Crippen molar-refractivity contribution < 1.29 is 18.0 Å². The molecule has 1 amide bonds. The number of alkyl halides is 3. The Hall–Kier alpha value is -1.60. The lowest BCUT2D eigenvalue weighted by Crippen LogP contribution is -2.27. The van der Waals surface area contributed by atoms with Gasteiger partial charge in [-0.1, -0.05) is 48.3 Å². The van der Waals surface area contributed by atoms with Gasteiger partial charge in [-0.2, -0.15) is 13.2 Å². The third-order valence-corrected chi connectivity index (χ3v) is 4.12. The van der Waals surface area contributed by atoms with Gasteiger partial charge >= 0.3 is 6.18 Å². The molecule has 0 aliphatic carbocycles. The lowest BCUT2D eigenvalue weighted by atomic mass is 10.1. The van der Waals surface area contributed by atoms with E-state index in [9.17, 15) is 18.0 Å². The molecule has 2 nitrogen and oxygen atoms in total. The number of benzene rings is 1. The van der Waals surface area contributed by atoms with Gasteiger partial charge in [0.1, 0.15) is 4.32 Å². The van der Waals surface area contributed by atoms with E-state index in [2.05, 4.69) is 6.58 Å². The molecule has 0 atom stereocenters. The molecule has 1 saturated heterocycles. The van der Waals surface area contributed by atoms with E-state index in [0.717, 1.165) is 17.8 Å². The molecule has 1 fully saturated rings. The van der Waals surface area contributed by atoms with Gasteiger partial charge in [0.25, 0.3) is 5.91 Å². The predicted octanol–water partition coefficient (Wildman–Crippen LogP) is 4.09. The number of nitrogens with zero attached hydrogens (tertiary/aromatic N) is 1. The molecule has 0 radical (unpaired) electrons. The van der Waals surface area contributed by atoms with Crippen LogP contribution in [0.15, 0.2) is 41.8 Å². The zero-order chi connectivity index (χ0) is 15.6. The van der Waals surface area contributed by atoms with E-state index in [4.69, 9.17) is 12.2 Å². The summed E-state index contributed by atoms with van der Waals surface area (Å²) in [6, 6.07) is 5.11. The molecule has 0 spiro atoms. The van der Waals surface area contributed by atoms with Crippen molar-refractivity contribution in [3.63, 3.8) is 0 Å². The number of thiocarbonyl (C=S) groups is 1. The number of hydrogen-bond acceptors (Lipinski definition) is 3. The molecule has 0 aromatic heterocycles. The van der Waals surface area contributed by atoms with Gasteiger partial charge in [-0.15, -0.1) is 6.58 Å². The van der Waals surface area contributed by atoms with Crippen molar-refractivity contribution in [1.82, 2.24) is 4.90 Å². The topological polar surface area (TPSA) is 20.3 Å². The van der Waals surface area contributed by atoms with Crippen LogP contribution >= 0.6 is 24.0 Å². The summed E-state index contributed by atoms with van der Waals surface area (Å²) < 4.78 is 39.1. The summed E-state index contributed by atoms with van der Waals surface area (Å²) >= 11 is 6.03. The SMILES string of the molecule is C=CCN1C(=O)C(=Cc2ccccc2C(F)(F)F)SC1=S. The molecular weight excluding hydrogens is 319 g/mol. The molecule has 1 aromatic rings. The lowest BCUT2D eigenvalue weighted by molar-refractivity contribution is -0.137. The average molecular weight is 329 g/mol. The second kappa shape index (κ2) is 6.03. The molecule has 21 heavy (non-hydrogen) atoms. The van der Waals surface area contributed by atoms with Crippen molar-refractivity contribution in [2.75, 3.05) is 6.54 Å². The fourth-order valence-corrected chi connectivity index (χ4v) is 3.07. The Balaban J connectivity index is 2.40. The monoisotopic (exact) mass is 329 g/mol. The Morgan fingerprint density at radius 1 is 1.33 bits per heavy atom. The Morgan fingerprint density at radius 3 is 2.62 bits per heavy atom. The predicted molar refractivity (Wildman–Crippen MR) is 81.5 cm³/mol. The molecule has 0 N–H and O–H groups in total. The van der Waals surface area contributed by atoms with Crippen LogP contribution in [0.2, 0.25) is 0 Å². The van der Waals surface area contributed by atoms with Crippen molar-refractivity contribution in [3.05, 3.63) is 53.0 Å². The van der Waals surface area contributed by atoms with E-state index < -0.39 is 17.6 Å². The second-order valence-electron chi connectivity index (χ2n) is 4.17. The lowest BCUT2D eigenvalue weighted by Gasteiger charge is -2.11. The van der Waals surface area contributed by atoms with E-state index in [1.807, 2.05) is 0 Å². The molecule has 7 heteroatoms. The Bertz CT molecular complexity index is 637. The van der Waals surface area contributed by atoms with Crippen LogP contribution in [0.25, 0.3) is 6.08 Å². The smallest absolute Gasteiger partial charge is 0.289 e. The molecule has 1 aliphatic rings. The van der Waals surface area contributed by atoms with Crippen LogP contribution in [0.3, 0.4) is 0 Å². The summed E-state index contributed by atoms with van der Waals surface area (Å²) in [5.41, 5.74) is -0.830. The highest BCUT2D eigenvalue weighted by molar-refractivity contribution is 8.26. The standard InChI is InChI=1S/C14H10F3NOS2/c1-2-7-18-12(19)11(21-13(18)20)8-9-5-3-4-6-10(9)14(15,16)17/h2-6,8H,1,7H2. The van der Waals surface area contributed by atoms with E-state index in [1.54, 1.807) is 0 Å². The molecule has 1 aromatic carbocycles. The number of carbonyl (C=O) groups excluding carboxylic acids is 1. The van der Waals surface area contributed by atoms with Gasteiger partial charge in [-0.25, -0.2) is 0 Å². The minimum absolute atomic E-state index is 0.0518. The van der Waals surface area contributed by atoms with Crippen molar-refractivity contribution in [3.8, 4) is 0 Å². The fourth-order valence-electron chi connectivity index (χ4n) is 1.81. The first-order chi connectivity index (χ1) is 9.84. The highest BCUT2D eigenvalue weighted by Gasteiger charge is 2.35. The van der Waals surface area contributed by atoms with Gasteiger partial charge in [0.15, 0.2) is 0 Å². The van der Waals surface area contributed by atoms with Crippen molar-refractivity contribution in [1.29, 1.82) is 0 Å². The Kier molecular flexibility index (Phi) is 4.53. The zero-order valence-electron chi connectivity index (χ0n) is 10.7. The molecular formula is C14H10F3NOS2. The van der Waals surface area contributed by atoms with Crippen molar-refractivity contribution >= 4 is 40.3 Å². The number of rotatable bonds is 3. The third kappa shape index (κ3) is 3.36. The fraction of sp³-hybridized carbons (Fsp3) is 0.143. The molecule has 0 saturated carbocycles. The summed E-state index contributed by atoms with van der Waals surface area (Å²) in [4.78, 5) is 13.6. The molecule has 2 rings (SSSR count). The van der Waals surface area contributed by atoms with Crippen LogP contribution in [-0.4, -0.2) is 21.7 Å². The van der Waals surface area contributed by atoms with E-state index in [-0.39, 0.29) is 17.0 Å². The second-order valence-corrected chi connectivity index (χ2v) is 5.84. The van der Waals surface area contributed by atoms with Crippen LogP contribution in [0.1, 0.15) is 11.1 Å². The maximum atomic E-state index is 12.9. The highest BCUT2D eigenvalue weighted by Crippen LogP contribution is 2.36. The third-order valence-electron chi connectivity index (χ3n) is 2.74. The van der Waals surface area contributed by atoms with Gasteiger partial charge in [0.05, 0.1) is 10.5 Å². The normalized spacial score (nSPS) is 17.7. The van der Waals surface area contributed by atoms with Crippen LogP contribution in [0, 0.1) is 0 Å².